The molecule has 0 radical (unpaired) electrons. The second-order valence-electron chi connectivity index (χ2n) is 5.51. The van der Waals surface area contributed by atoms with E-state index in [4.69, 9.17) is 5.73 Å². The monoisotopic (exact) mass is 298 g/mol. The van der Waals surface area contributed by atoms with Crippen molar-refractivity contribution < 1.29 is 8.42 Å². The Kier molecular flexibility index (Phi) is 8.43. The molecular weight excluding hydrogens is 272 g/mol. The van der Waals surface area contributed by atoms with Crippen molar-refractivity contribution >= 4 is 22.4 Å². The number of sulfonamides is 1. The summed E-state index contributed by atoms with van der Waals surface area (Å²) < 4.78 is 26.7. The third-order valence-electron chi connectivity index (χ3n) is 3.51. The zero-order valence-corrected chi connectivity index (χ0v) is 13.0. The highest BCUT2D eigenvalue weighted by molar-refractivity contribution is 7.89. The van der Waals surface area contributed by atoms with Gasteiger partial charge in [-0.05, 0) is 37.6 Å². The van der Waals surface area contributed by atoms with E-state index in [9.17, 15) is 8.42 Å². The van der Waals surface area contributed by atoms with Gasteiger partial charge in [0.15, 0.2) is 0 Å². The normalized spacial score (nSPS) is 24.9. The summed E-state index contributed by atoms with van der Waals surface area (Å²) in [6, 6.07) is 0.0610. The van der Waals surface area contributed by atoms with Gasteiger partial charge in [0.2, 0.25) is 10.0 Å². The van der Waals surface area contributed by atoms with Gasteiger partial charge in [0.05, 0.1) is 5.75 Å². The third-order valence-corrected chi connectivity index (χ3v) is 4.94. The molecule has 110 valence electrons. The highest BCUT2D eigenvalue weighted by Crippen LogP contribution is 2.24. The quantitative estimate of drug-likeness (QED) is 0.786. The second-order valence-corrected chi connectivity index (χ2v) is 7.38. The summed E-state index contributed by atoms with van der Waals surface area (Å²) in [6.45, 7) is 4.66. The number of rotatable bonds is 6. The highest BCUT2D eigenvalue weighted by Gasteiger charge is 2.27. The summed E-state index contributed by atoms with van der Waals surface area (Å²) in [4.78, 5) is 0. The SMILES string of the molecule is CC(C)CCS(=O)(=O)NC1CCCCC1CN.Cl. The molecule has 2 unspecified atom stereocenters. The molecule has 0 spiro atoms. The first-order valence-electron chi connectivity index (χ1n) is 6.64. The second kappa shape index (κ2) is 8.35. The van der Waals surface area contributed by atoms with Crippen molar-refractivity contribution in [2.45, 2.75) is 52.0 Å². The summed E-state index contributed by atoms with van der Waals surface area (Å²) >= 11 is 0. The van der Waals surface area contributed by atoms with Crippen LogP contribution in [0.3, 0.4) is 0 Å². The Morgan fingerprint density at radius 3 is 2.44 bits per heavy atom. The maximum atomic E-state index is 11.9. The van der Waals surface area contributed by atoms with Crippen LogP contribution in [0.1, 0.15) is 46.0 Å². The molecule has 0 bridgehead atoms. The largest absolute Gasteiger partial charge is 0.330 e. The van der Waals surface area contributed by atoms with Crippen LogP contribution in [0.5, 0.6) is 0 Å². The lowest BCUT2D eigenvalue weighted by Crippen LogP contribution is -2.45. The van der Waals surface area contributed by atoms with E-state index in [2.05, 4.69) is 4.72 Å². The molecule has 0 aliphatic heterocycles. The molecule has 1 fully saturated rings. The van der Waals surface area contributed by atoms with E-state index in [0.717, 1.165) is 25.7 Å². The first-order valence-corrected chi connectivity index (χ1v) is 8.30. The Morgan fingerprint density at radius 2 is 1.89 bits per heavy atom. The molecule has 0 aromatic carbocycles. The lowest BCUT2D eigenvalue weighted by molar-refractivity contribution is 0.296. The maximum absolute atomic E-state index is 11.9. The minimum atomic E-state index is -3.12. The van der Waals surface area contributed by atoms with Gasteiger partial charge < -0.3 is 5.73 Å². The maximum Gasteiger partial charge on any atom is 0.211 e. The molecule has 1 rings (SSSR count). The molecule has 0 amide bonds. The Labute approximate surface area is 118 Å². The van der Waals surface area contributed by atoms with Crippen LogP contribution in [0.4, 0.5) is 0 Å². The van der Waals surface area contributed by atoms with E-state index < -0.39 is 10.0 Å². The molecule has 2 atom stereocenters. The number of hydrogen-bond acceptors (Lipinski definition) is 3. The Morgan fingerprint density at radius 1 is 1.28 bits per heavy atom. The standard InChI is InChI=1S/C12H26N2O2S.ClH/c1-10(2)7-8-17(15,16)14-12-6-4-3-5-11(12)9-13;/h10-12,14H,3-9,13H2,1-2H3;1H. The summed E-state index contributed by atoms with van der Waals surface area (Å²) in [5.41, 5.74) is 5.70. The average Bonchev–Trinajstić information content (AvgIpc) is 2.27. The van der Waals surface area contributed by atoms with Gasteiger partial charge in [-0.25, -0.2) is 13.1 Å². The van der Waals surface area contributed by atoms with E-state index in [-0.39, 0.29) is 24.2 Å². The lowest BCUT2D eigenvalue weighted by atomic mass is 9.85. The van der Waals surface area contributed by atoms with E-state index in [0.29, 0.717) is 18.4 Å². The minimum absolute atomic E-state index is 0. The number of hydrogen-bond donors (Lipinski definition) is 2. The fourth-order valence-electron chi connectivity index (χ4n) is 2.33. The summed E-state index contributed by atoms with van der Waals surface area (Å²) in [5, 5.41) is 0. The predicted octanol–water partition coefficient (Wildman–Crippen LogP) is 1.89. The van der Waals surface area contributed by atoms with Crippen molar-refractivity contribution in [3.05, 3.63) is 0 Å². The molecule has 1 aliphatic rings. The van der Waals surface area contributed by atoms with Crippen LogP contribution in [0, 0.1) is 11.8 Å². The molecule has 0 aromatic rings. The summed E-state index contributed by atoms with van der Waals surface area (Å²) in [5.74, 6) is 0.971. The smallest absolute Gasteiger partial charge is 0.211 e. The van der Waals surface area contributed by atoms with Crippen molar-refractivity contribution in [3.63, 3.8) is 0 Å². The van der Waals surface area contributed by atoms with Gasteiger partial charge in [-0.15, -0.1) is 12.4 Å². The average molecular weight is 299 g/mol. The third kappa shape index (κ3) is 6.36. The molecule has 4 nitrogen and oxygen atoms in total. The fraction of sp³-hybridized carbons (Fsp3) is 1.00. The molecule has 0 aromatic heterocycles. The van der Waals surface area contributed by atoms with Crippen LogP contribution in [0.2, 0.25) is 0 Å². The number of nitrogens with one attached hydrogen (secondary N) is 1. The van der Waals surface area contributed by atoms with E-state index in [1.54, 1.807) is 0 Å². The Hall–Kier alpha value is 0.160. The molecule has 3 N–H and O–H groups in total. The minimum Gasteiger partial charge on any atom is -0.330 e. The van der Waals surface area contributed by atoms with Gasteiger partial charge in [0, 0.05) is 6.04 Å². The number of nitrogens with two attached hydrogens (primary N) is 1. The van der Waals surface area contributed by atoms with Crippen molar-refractivity contribution in [1.29, 1.82) is 0 Å². The van der Waals surface area contributed by atoms with Crippen molar-refractivity contribution in [2.75, 3.05) is 12.3 Å². The van der Waals surface area contributed by atoms with Gasteiger partial charge >= 0.3 is 0 Å². The van der Waals surface area contributed by atoms with Gasteiger partial charge in [0.1, 0.15) is 0 Å². The van der Waals surface area contributed by atoms with Crippen molar-refractivity contribution in [2.24, 2.45) is 17.6 Å². The first-order chi connectivity index (χ1) is 7.94. The summed E-state index contributed by atoms with van der Waals surface area (Å²) in [7, 11) is -3.12. The predicted molar refractivity (Wildman–Crippen MR) is 78.4 cm³/mol. The molecular formula is C12H27ClN2O2S. The molecule has 0 heterocycles. The molecule has 1 saturated carbocycles. The molecule has 0 saturated heterocycles. The van der Waals surface area contributed by atoms with Crippen LogP contribution >= 0.6 is 12.4 Å². The zero-order chi connectivity index (χ0) is 12.9. The van der Waals surface area contributed by atoms with Gasteiger partial charge in [-0.1, -0.05) is 26.7 Å². The van der Waals surface area contributed by atoms with Crippen molar-refractivity contribution in [3.8, 4) is 0 Å². The zero-order valence-electron chi connectivity index (χ0n) is 11.4. The van der Waals surface area contributed by atoms with Crippen LogP contribution in [-0.4, -0.2) is 26.8 Å². The Balaban J connectivity index is 0.00000289. The van der Waals surface area contributed by atoms with Crippen LogP contribution in [0.15, 0.2) is 0 Å². The van der Waals surface area contributed by atoms with Gasteiger partial charge in [-0.2, -0.15) is 0 Å². The van der Waals surface area contributed by atoms with E-state index >= 15 is 0 Å². The van der Waals surface area contributed by atoms with Crippen molar-refractivity contribution in [1.82, 2.24) is 4.72 Å². The van der Waals surface area contributed by atoms with Crippen LogP contribution < -0.4 is 10.5 Å². The van der Waals surface area contributed by atoms with Crippen LogP contribution in [-0.2, 0) is 10.0 Å². The topological polar surface area (TPSA) is 72.2 Å². The van der Waals surface area contributed by atoms with Crippen LogP contribution in [0.25, 0.3) is 0 Å². The van der Waals surface area contributed by atoms with E-state index in [1.807, 2.05) is 13.8 Å². The highest BCUT2D eigenvalue weighted by atomic mass is 35.5. The summed E-state index contributed by atoms with van der Waals surface area (Å²) in [6.07, 6.45) is 4.98. The van der Waals surface area contributed by atoms with Gasteiger partial charge in [0.25, 0.3) is 0 Å². The molecule has 1 aliphatic carbocycles. The Bertz CT molecular complexity index is 320. The van der Waals surface area contributed by atoms with Gasteiger partial charge in [-0.3, -0.25) is 0 Å². The van der Waals surface area contributed by atoms with E-state index in [1.165, 1.54) is 6.42 Å². The fourth-order valence-corrected chi connectivity index (χ4v) is 4.00. The number of halogens is 1. The molecule has 18 heavy (non-hydrogen) atoms. The molecule has 6 heteroatoms. The lowest BCUT2D eigenvalue weighted by Gasteiger charge is -2.31. The first kappa shape index (κ1) is 18.2.